The van der Waals surface area contributed by atoms with E-state index in [1.54, 1.807) is 7.11 Å². The summed E-state index contributed by atoms with van der Waals surface area (Å²) in [7, 11) is 1.71. The summed E-state index contributed by atoms with van der Waals surface area (Å²) in [5, 5.41) is 6.91. The molecule has 0 unspecified atom stereocenters. The van der Waals surface area contributed by atoms with E-state index in [2.05, 4.69) is 15.2 Å². The lowest BCUT2D eigenvalue weighted by Crippen LogP contribution is -2.37. The monoisotopic (exact) mass is 182 g/mol. The number of hydrogen-bond acceptors (Lipinski definition) is 4. The number of nitrogens with two attached hydrogens (primary N) is 1. The molecule has 1 aliphatic carbocycles. The first-order valence-corrected chi connectivity index (χ1v) is 4.48. The van der Waals surface area contributed by atoms with Crippen molar-refractivity contribution >= 4 is 0 Å². The molecule has 1 aliphatic rings. The SMILES string of the molecule is COC1(c2n[nH]c(CN)n2)CCC1. The number of nitrogens with zero attached hydrogens (tertiary/aromatic N) is 2. The predicted octanol–water partition coefficient (Wildman–Crippen LogP) is 0.289. The van der Waals surface area contributed by atoms with Crippen molar-refractivity contribution < 1.29 is 4.74 Å². The zero-order valence-electron chi connectivity index (χ0n) is 7.71. The van der Waals surface area contributed by atoms with Gasteiger partial charge >= 0.3 is 0 Å². The van der Waals surface area contributed by atoms with E-state index in [4.69, 9.17) is 10.5 Å². The van der Waals surface area contributed by atoms with E-state index in [0.717, 1.165) is 24.5 Å². The van der Waals surface area contributed by atoms with Crippen LogP contribution < -0.4 is 5.73 Å². The number of hydrogen-bond donors (Lipinski definition) is 2. The molecule has 2 rings (SSSR count). The number of ether oxygens (including phenoxy) is 1. The molecule has 3 N–H and O–H groups in total. The Morgan fingerprint density at radius 3 is 2.77 bits per heavy atom. The minimum atomic E-state index is -0.232. The first kappa shape index (κ1) is 8.65. The molecule has 0 aliphatic heterocycles. The van der Waals surface area contributed by atoms with Gasteiger partial charge in [0, 0.05) is 7.11 Å². The highest BCUT2D eigenvalue weighted by Crippen LogP contribution is 2.42. The van der Waals surface area contributed by atoms with Crippen LogP contribution >= 0.6 is 0 Å². The molecule has 1 saturated carbocycles. The molecule has 0 bridgehead atoms. The molecule has 1 fully saturated rings. The summed E-state index contributed by atoms with van der Waals surface area (Å²) in [5.74, 6) is 1.47. The molecule has 0 saturated heterocycles. The molecule has 0 atom stereocenters. The molecule has 0 spiro atoms. The van der Waals surface area contributed by atoms with Crippen LogP contribution in [-0.4, -0.2) is 22.3 Å². The maximum atomic E-state index is 5.43. The molecule has 1 aromatic rings. The highest BCUT2D eigenvalue weighted by molar-refractivity contribution is 5.07. The molecule has 5 heteroatoms. The number of methoxy groups -OCH3 is 1. The lowest BCUT2D eigenvalue weighted by atomic mass is 9.79. The van der Waals surface area contributed by atoms with Crippen LogP contribution in [-0.2, 0) is 16.9 Å². The molecule has 1 aromatic heterocycles. The van der Waals surface area contributed by atoms with E-state index in [-0.39, 0.29) is 5.60 Å². The fraction of sp³-hybridized carbons (Fsp3) is 0.750. The molecule has 5 nitrogen and oxygen atoms in total. The van der Waals surface area contributed by atoms with Gasteiger partial charge in [0.25, 0.3) is 0 Å². The predicted molar refractivity (Wildman–Crippen MR) is 46.8 cm³/mol. The highest BCUT2D eigenvalue weighted by atomic mass is 16.5. The third-order valence-corrected chi connectivity index (χ3v) is 2.68. The van der Waals surface area contributed by atoms with Gasteiger partial charge in [0.1, 0.15) is 11.4 Å². The second-order valence-electron chi connectivity index (χ2n) is 3.36. The summed E-state index contributed by atoms with van der Waals surface area (Å²) in [6.45, 7) is 0.396. The number of H-pyrrole nitrogens is 1. The second kappa shape index (κ2) is 3.08. The number of nitrogens with one attached hydrogen (secondary N) is 1. The second-order valence-corrected chi connectivity index (χ2v) is 3.36. The van der Waals surface area contributed by atoms with Gasteiger partial charge in [0.05, 0.1) is 6.54 Å². The molecular weight excluding hydrogens is 168 g/mol. The van der Waals surface area contributed by atoms with Gasteiger partial charge < -0.3 is 10.5 Å². The summed E-state index contributed by atoms with van der Waals surface area (Å²) < 4.78 is 5.43. The maximum Gasteiger partial charge on any atom is 0.182 e. The summed E-state index contributed by atoms with van der Waals surface area (Å²) in [6, 6.07) is 0. The van der Waals surface area contributed by atoms with Crippen molar-refractivity contribution in [1.29, 1.82) is 0 Å². The van der Waals surface area contributed by atoms with E-state index in [0.29, 0.717) is 6.54 Å². The van der Waals surface area contributed by atoms with E-state index in [1.165, 1.54) is 6.42 Å². The molecule has 0 amide bonds. The largest absolute Gasteiger partial charge is 0.370 e. The van der Waals surface area contributed by atoms with Crippen LogP contribution in [0.2, 0.25) is 0 Å². The van der Waals surface area contributed by atoms with Crippen LogP contribution in [0.1, 0.15) is 30.9 Å². The van der Waals surface area contributed by atoms with Crippen LogP contribution in [0.4, 0.5) is 0 Å². The van der Waals surface area contributed by atoms with Crippen molar-refractivity contribution in [2.45, 2.75) is 31.4 Å². The Hall–Kier alpha value is -0.940. The van der Waals surface area contributed by atoms with Gasteiger partial charge in [-0.3, -0.25) is 5.10 Å². The topological polar surface area (TPSA) is 76.8 Å². The molecule has 72 valence electrons. The highest BCUT2D eigenvalue weighted by Gasteiger charge is 2.42. The average Bonchev–Trinajstić information content (AvgIpc) is 2.52. The molecular formula is C8H14N4O. The molecule has 0 radical (unpaired) electrons. The first-order chi connectivity index (χ1) is 6.30. The van der Waals surface area contributed by atoms with Gasteiger partial charge in [-0.15, -0.1) is 0 Å². The van der Waals surface area contributed by atoms with Crippen molar-refractivity contribution in [2.24, 2.45) is 5.73 Å². The Morgan fingerprint density at radius 2 is 2.38 bits per heavy atom. The van der Waals surface area contributed by atoms with Crippen LogP contribution in [0.3, 0.4) is 0 Å². The number of aromatic nitrogens is 3. The zero-order chi connectivity index (χ0) is 9.31. The van der Waals surface area contributed by atoms with Gasteiger partial charge in [-0.05, 0) is 19.3 Å². The third-order valence-electron chi connectivity index (χ3n) is 2.68. The van der Waals surface area contributed by atoms with Crippen molar-refractivity contribution in [1.82, 2.24) is 15.2 Å². The first-order valence-electron chi connectivity index (χ1n) is 4.48. The summed E-state index contributed by atoms with van der Waals surface area (Å²) in [6.07, 6.45) is 3.19. The van der Waals surface area contributed by atoms with Gasteiger partial charge in [-0.25, -0.2) is 4.98 Å². The van der Waals surface area contributed by atoms with E-state index >= 15 is 0 Å². The van der Waals surface area contributed by atoms with Crippen molar-refractivity contribution in [3.63, 3.8) is 0 Å². The normalized spacial score (nSPS) is 19.8. The fourth-order valence-corrected chi connectivity index (χ4v) is 1.61. The molecule has 0 aromatic carbocycles. The van der Waals surface area contributed by atoms with Crippen molar-refractivity contribution in [2.75, 3.05) is 7.11 Å². The smallest absolute Gasteiger partial charge is 0.182 e. The quantitative estimate of drug-likeness (QED) is 0.704. The summed E-state index contributed by atoms with van der Waals surface area (Å²) >= 11 is 0. The van der Waals surface area contributed by atoms with Gasteiger partial charge in [-0.1, -0.05) is 0 Å². The molecule has 1 heterocycles. The Morgan fingerprint density at radius 1 is 1.62 bits per heavy atom. The van der Waals surface area contributed by atoms with Crippen LogP contribution in [0.15, 0.2) is 0 Å². The lowest BCUT2D eigenvalue weighted by molar-refractivity contribution is -0.0844. The van der Waals surface area contributed by atoms with E-state index in [9.17, 15) is 0 Å². The van der Waals surface area contributed by atoms with Gasteiger partial charge in [0.2, 0.25) is 0 Å². The Bertz CT molecular complexity index is 287. The Labute approximate surface area is 76.7 Å². The van der Waals surface area contributed by atoms with Gasteiger partial charge in [-0.2, -0.15) is 5.10 Å². The van der Waals surface area contributed by atoms with Crippen LogP contribution in [0.25, 0.3) is 0 Å². The summed E-state index contributed by atoms with van der Waals surface area (Å²) in [4.78, 5) is 4.28. The minimum absolute atomic E-state index is 0.232. The average molecular weight is 182 g/mol. The third kappa shape index (κ3) is 1.24. The molecule has 13 heavy (non-hydrogen) atoms. The maximum absolute atomic E-state index is 5.43. The standard InChI is InChI=1S/C8H14N4O/c1-13-8(3-2-4-8)7-10-6(5-9)11-12-7/h2-5,9H2,1H3,(H,10,11,12). The van der Waals surface area contributed by atoms with Gasteiger partial charge in [0.15, 0.2) is 5.82 Å². The Kier molecular flexibility index (Phi) is 2.05. The fourth-order valence-electron chi connectivity index (χ4n) is 1.61. The van der Waals surface area contributed by atoms with Crippen molar-refractivity contribution in [3.8, 4) is 0 Å². The van der Waals surface area contributed by atoms with Crippen LogP contribution in [0.5, 0.6) is 0 Å². The Balaban J connectivity index is 2.23. The van der Waals surface area contributed by atoms with E-state index in [1.807, 2.05) is 0 Å². The van der Waals surface area contributed by atoms with E-state index < -0.39 is 0 Å². The van der Waals surface area contributed by atoms with Crippen molar-refractivity contribution in [3.05, 3.63) is 11.6 Å². The minimum Gasteiger partial charge on any atom is -0.370 e. The summed E-state index contributed by atoms with van der Waals surface area (Å²) in [5.41, 5.74) is 5.20. The zero-order valence-corrected chi connectivity index (χ0v) is 7.71. The number of aromatic amines is 1. The van der Waals surface area contributed by atoms with Crippen LogP contribution in [0, 0.1) is 0 Å². The lowest BCUT2D eigenvalue weighted by Gasteiger charge is -2.37. The number of rotatable bonds is 3.